The molecule has 0 amide bonds. The quantitative estimate of drug-likeness (QED) is 0.603. The van der Waals surface area contributed by atoms with Gasteiger partial charge in [-0.3, -0.25) is 0 Å². The van der Waals surface area contributed by atoms with Gasteiger partial charge in [0.1, 0.15) is 0 Å². The molecule has 0 aromatic heterocycles. The third kappa shape index (κ3) is 4.17. The average molecular weight is 405 g/mol. The summed E-state index contributed by atoms with van der Waals surface area (Å²) in [6, 6.07) is 0. The summed E-state index contributed by atoms with van der Waals surface area (Å²) >= 11 is 1.22. The summed E-state index contributed by atoms with van der Waals surface area (Å²) in [7, 11) is 0. The van der Waals surface area contributed by atoms with Crippen LogP contribution in [-0.2, 0) is 4.74 Å². The van der Waals surface area contributed by atoms with Gasteiger partial charge in [-0.25, -0.2) is 0 Å². The third-order valence-corrected chi connectivity index (χ3v) is 5.92. The number of rotatable bonds is 3. The monoisotopic (exact) mass is 406 g/mol. The summed E-state index contributed by atoms with van der Waals surface area (Å²) in [5.41, 5.74) is 2.70. The van der Waals surface area contributed by atoms with Gasteiger partial charge in [0.2, 0.25) is 0 Å². The molecule has 2 heteroatoms. The van der Waals surface area contributed by atoms with Crippen molar-refractivity contribution < 1.29 is 4.74 Å². The molecule has 0 spiro atoms. The van der Waals surface area contributed by atoms with Crippen LogP contribution in [0.4, 0.5) is 0 Å². The van der Waals surface area contributed by atoms with Crippen molar-refractivity contribution in [1.82, 2.24) is 0 Å². The van der Waals surface area contributed by atoms with Crippen LogP contribution >= 0.6 is 0 Å². The van der Waals surface area contributed by atoms with E-state index in [2.05, 4.69) is 71.9 Å². The van der Waals surface area contributed by atoms with Crippen molar-refractivity contribution in [2.45, 2.75) is 72.0 Å². The molecule has 0 aliphatic heterocycles. The Morgan fingerprint density at radius 1 is 1.14 bits per heavy atom. The molecule has 0 bridgehead atoms. The van der Waals surface area contributed by atoms with Gasteiger partial charge in [-0.05, 0) is 0 Å². The number of hydrogen-bond donors (Lipinski definition) is 0. The molecule has 0 fully saturated rings. The molecule has 1 nitrogen and oxygen atoms in total. The van der Waals surface area contributed by atoms with Gasteiger partial charge in [0.15, 0.2) is 0 Å². The van der Waals surface area contributed by atoms with Gasteiger partial charge in [0.25, 0.3) is 0 Å². The Morgan fingerprint density at radius 2 is 1.82 bits per heavy atom. The van der Waals surface area contributed by atoms with Gasteiger partial charge in [-0.15, -0.1) is 0 Å². The topological polar surface area (TPSA) is 9.23 Å². The first kappa shape index (κ1) is 18.1. The van der Waals surface area contributed by atoms with E-state index in [-0.39, 0.29) is 16.6 Å². The minimum absolute atomic E-state index is 0.115. The summed E-state index contributed by atoms with van der Waals surface area (Å²) in [5, 5.41) is 0. The molecule has 0 aromatic rings. The molecule has 0 aromatic carbocycles. The molecular formula is C20H30OSn. The number of allylic oxidation sites excluding steroid dienone is 5. The van der Waals surface area contributed by atoms with E-state index in [1.165, 1.54) is 33.7 Å². The van der Waals surface area contributed by atoms with E-state index >= 15 is 0 Å². The van der Waals surface area contributed by atoms with Crippen LogP contribution in [0.5, 0.6) is 0 Å². The first-order valence-corrected chi connectivity index (χ1v) is 9.90. The molecular weight excluding hydrogens is 375 g/mol. The van der Waals surface area contributed by atoms with E-state index in [9.17, 15) is 0 Å². The Balaban J connectivity index is 2.46. The van der Waals surface area contributed by atoms with Crippen molar-refractivity contribution in [3.63, 3.8) is 0 Å². The van der Waals surface area contributed by atoms with E-state index in [0.717, 1.165) is 19.3 Å². The second kappa shape index (κ2) is 6.31. The van der Waals surface area contributed by atoms with Gasteiger partial charge in [0, 0.05) is 0 Å². The molecule has 0 saturated carbocycles. The third-order valence-electron chi connectivity index (χ3n) is 4.19. The fourth-order valence-corrected chi connectivity index (χ4v) is 4.50. The van der Waals surface area contributed by atoms with Crippen LogP contribution in [0.3, 0.4) is 0 Å². The van der Waals surface area contributed by atoms with E-state index in [1.54, 1.807) is 3.59 Å². The van der Waals surface area contributed by atoms with E-state index in [4.69, 9.17) is 4.74 Å². The summed E-state index contributed by atoms with van der Waals surface area (Å²) < 4.78 is 8.36. The molecule has 0 N–H and O–H groups in total. The second-order valence-corrected chi connectivity index (χ2v) is 10.5. The molecule has 1 unspecified atom stereocenters. The van der Waals surface area contributed by atoms with Crippen LogP contribution in [0.2, 0.25) is 0 Å². The molecule has 2 aliphatic carbocycles. The molecule has 1 atom stereocenters. The van der Waals surface area contributed by atoms with Crippen molar-refractivity contribution in [3.8, 4) is 0 Å². The van der Waals surface area contributed by atoms with Crippen molar-refractivity contribution in [3.05, 3.63) is 45.1 Å². The van der Waals surface area contributed by atoms with Gasteiger partial charge >= 0.3 is 150 Å². The molecule has 2 radical (unpaired) electrons. The van der Waals surface area contributed by atoms with Crippen molar-refractivity contribution in [2.75, 3.05) is 0 Å². The Morgan fingerprint density at radius 3 is 2.32 bits per heavy atom. The average Bonchev–Trinajstić information content (AvgIpc) is 2.71. The zero-order valence-electron chi connectivity index (χ0n) is 15.0. The Bertz CT molecular complexity index is 549. The Labute approximate surface area is 149 Å². The summed E-state index contributed by atoms with van der Waals surface area (Å²) in [4.78, 5) is 0. The zero-order valence-corrected chi connectivity index (χ0v) is 18.3. The maximum absolute atomic E-state index is 6.74. The normalized spacial score (nSPS) is 25.9. The molecule has 2 rings (SSSR count). The van der Waals surface area contributed by atoms with Crippen LogP contribution in [0.15, 0.2) is 45.1 Å². The van der Waals surface area contributed by atoms with Gasteiger partial charge in [-0.1, -0.05) is 0 Å². The van der Waals surface area contributed by atoms with E-state index in [0.29, 0.717) is 0 Å². The molecule has 120 valence electrons. The molecule has 2 aliphatic rings. The first-order valence-electron chi connectivity index (χ1n) is 8.25. The summed E-state index contributed by atoms with van der Waals surface area (Å²) in [5.74, 6) is 0. The van der Waals surface area contributed by atoms with Crippen LogP contribution in [0.1, 0.15) is 60.8 Å². The van der Waals surface area contributed by atoms with Gasteiger partial charge < -0.3 is 0 Å². The van der Waals surface area contributed by atoms with E-state index < -0.39 is 0 Å². The van der Waals surface area contributed by atoms with Crippen LogP contribution in [0, 0.1) is 5.41 Å². The second-order valence-electron chi connectivity index (χ2n) is 8.51. The first-order chi connectivity index (χ1) is 10.0. The molecule has 22 heavy (non-hydrogen) atoms. The van der Waals surface area contributed by atoms with Crippen molar-refractivity contribution in [1.29, 1.82) is 0 Å². The Kier molecular flexibility index (Phi) is 5.18. The van der Waals surface area contributed by atoms with E-state index in [1.807, 2.05) is 0 Å². The predicted octanol–water partition coefficient (Wildman–Crippen LogP) is 4.98. The summed E-state index contributed by atoms with van der Waals surface area (Å²) in [6.45, 7) is 13.4. The number of hydrogen-bond acceptors (Lipinski definition) is 1. The fraction of sp³-hybridized carbons (Fsp3) is 0.600. The predicted molar refractivity (Wildman–Crippen MR) is 97.4 cm³/mol. The van der Waals surface area contributed by atoms with Crippen molar-refractivity contribution in [2.24, 2.45) is 5.41 Å². The van der Waals surface area contributed by atoms with Gasteiger partial charge in [0.05, 0.1) is 0 Å². The standard InChI is InChI=1S/C20H29O.Sn.H/c1-18(2,3)17-13-9-10-14-20(17,21-19(4,5)6)15-16-11-7-8-12-16;;/h7,9-11,13H,8,14-15H2,1-6H3;;. The fourth-order valence-electron chi connectivity index (χ4n) is 3.55. The van der Waals surface area contributed by atoms with Crippen LogP contribution in [-0.4, -0.2) is 33.7 Å². The minimum atomic E-state index is -0.205. The molecule has 0 heterocycles. The zero-order chi connectivity index (χ0) is 16.6. The van der Waals surface area contributed by atoms with Crippen LogP contribution < -0.4 is 0 Å². The number of ether oxygens (including phenoxy) is 1. The van der Waals surface area contributed by atoms with Crippen LogP contribution in [0.25, 0.3) is 0 Å². The Hall–Kier alpha value is -0.281. The van der Waals surface area contributed by atoms with Gasteiger partial charge in [-0.2, -0.15) is 0 Å². The molecule has 0 saturated heterocycles. The SMILES string of the molecule is CC(C)(C)OC1(CC2=[C]([SnH])CC=C2)CC=CC=C1C(C)(C)C. The van der Waals surface area contributed by atoms with Crippen molar-refractivity contribution >= 4 is 22.5 Å². The summed E-state index contributed by atoms with van der Waals surface area (Å²) in [6.07, 6.45) is 14.5. The maximum atomic E-state index is 6.74.